The van der Waals surface area contributed by atoms with E-state index in [9.17, 15) is 26.3 Å². The van der Waals surface area contributed by atoms with Gasteiger partial charge in [-0.1, -0.05) is 6.07 Å². The van der Waals surface area contributed by atoms with Crippen molar-refractivity contribution in [3.05, 3.63) is 29.6 Å². The van der Waals surface area contributed by atoms with Gasteiger partial charge in [-0.25, -0.2) is 9.59 Å². The van der Waals surface area contributed by atoms with Crippen LogP contribution in [-0.4, -0.2) is 108 Å². The molecular formula is C24H35F6N3O6. The lowest BCUT2D eigenvalue weighted by Crippen LogP contribution is -2.47. The number of likely N-dealkylation sites (tertiary alicyclic amines) is 1. The second kappa shape index (κ2) is 15.3. The number of carbonyl (C=O) groups is 2. The molecule has 224 valence electrons. The van der Waals surface area contributed by atoms with Gasteiger partial charge in [-0.2, -0.15) is 26.3 Å². The summed E-state index contributed by atoms with van der Waals surface area (Å²) < 4.78 is 75.0. The smallest absolute Gasteiger partial charge is 0.475 e. The van der Waals surface area contributed by atoms with Crippen molar-refractivity contribution in [3.63, 3.8) is 0 Å². The van der Waals surface area contributed by atoms with Crippen molar-refractivity contribution < 1.29 is 55.6 Å². The number of ether oxygens (including phenoxy) is 2. The normalized spacial score (nSPS) is 21.6. The first kappa shape index (κ1) is 34.5. The van der Waals surface area contributed by atoms with Crippen LogP contribution >= 0.6 is 0 Å². The summed E-state index contributed by atoms with van der Waals surface area (Å²) in [6.07, 6.45) is -6.57. The first-order valence-electron chi connectivity index (χ1n) is 12.0. The fourth-order valence-electron chi connectivity index (χ4n) is 4.36. The lowest BCUT2D eigenvalue weighted by molar-refractivity contribution is -0.193. The van der Waals surface area contributed by atoms with E-state index < -0.39 is 24.3 Å². The van der Waals surface area contributed by atoms with Crippen molar-refractivity contribution in [2.24, 2.45) is 5.92 Å². The highest BCUT2D eigenvalue weighted by atomic mass is 19.4. The van der Waals surface area contributed by atoms with Gasteiger partial charge in [0.1, 0.15) is 0 Å². The van der Waals surface area contributed by atoms with Gasteiger partial charge in [0.25, 0.3) is 0 Å². The number of hydrogen-bond acceptors (Lipinski definition) is 7. The summed E-state index contributed by atoms with van der Waals surface area (Å²) in [7, 11) is 3.95. The number of alkyl halides is 6. The van der Waals surface area contributed by atoms with Gasteiger partial charge in [0.05, 0.1) is 24.5 Å². The minimum Gasteiger partial charge on any atom is -0.475 e. The van der Waals surface area contributed by atoms with Gasteiger partial charge in [-0.15, -0.1) is 0 Å². The molecule has 0 aromatic carbocycles. The van der Waals surface area contributed by atoms with Crippen molar-refractivity contribution >= 4 is 11.9 Å². The summed E-state index contributed by atoms with van der Waals surface area (Å²) >= 11 is 0. The third kappa shape index (κ3) is 13.4. The van der Waals surface area contributed by atoms with Crippen molar-refractivity contribution in [1.29, 1.82) is 0 Å². The molecule has 0 saturated carbocycles. The largest absolute Gasteiger partial charge is 0.490 e. The summed E-state index contributed by atoms with van der Waals surface area (Å²) in [5, 5.41) is 14.2. The fourth-order valence-corrected chi connectivity index (χ4v) is 4.36. The van der Waals surface area contributed by atoms with Gasteiger partial charge in [0, 0.05) is 39.0 Å². The molecule has 1 spiro atoms. The van der Waals surface area contributed by atoms with Gasteiger partial charge in [0.2, 0.25) is 0 Å². The number of halogens is 6. The molecule has 2 aliphatic rings. The zero-order chi connectivity index (χ0) is 29.9. The van der Waals surface area contributed by atoms with E-state index in [2.05, 4.69) is 47.0 Å². The number of hydrogen-bond donors (Lipinski definition) is 2. The van der Waals surface area contributed by atoms with E-state index in [1.807, 2.05) is 0 Å². The van der Waals surface area contributed by atoms with Crippen molar-refractivity contribution in [2.75, 3.05) is 53.6 Å². The van der Waals surface area contributed by atoms with Crippen LogP contribution in [0.25, 0.3) is 0 Å². The van der Waals surface area contributed by atoms with E-state index in [0.29, 0.717) is 5.92 Å². The first-order chi connectivity index (χ1) is 18.0. The molecule has 2 saturated heterocycles. The third-order valence-corrected chi connectivity index (χ3v) is 5.97. The molecule has 0 amide bonds. The maximum atomic E-state index is 10.6. The standard InChI is InChI=1S/C20H33N3O2.2C2HF3O2/c1-17-6-4-7-19(21-17)14-23-9-5-8-20(16-23)12-18(15-25-20)13-22(2)10-11-24-3;2*3-2(4,5)1(6)7/h4,6-7,18H,5,8-16H2,1-3H3;2*(H,6,7). The maximum absolute atomic E-state index is 10.6. The average molecular weight is 576 g/mol. The molecule has 0 radical (unpaired) electrons. The third-order valence-electron chi connectivity index (χ3n) is 5.97. The lowest BCUT2D eigenvalue weighted by Gasteiger charge is -2.39. The zero-order valence-electron chi connectivity index (χ0n) is 22.0. The number of rotatable bonds is 7. The first-order valence-corrected chi connectivity index (χ1v) is 12.0. The summed E-state index contributed by atoms with van der Waals surface area (Å²) in [5.41, 5.74) is 2.33. The molecule has 1 aromatic heterocycles. The highest BCUT2D eigenvalue weighted by molar-refractivity contribution is 5.73. The molecule has 15 heteroatoms. The summed E-state index contributed by atoms with van der Waals surface area (Å²) in [4.78, 5) is 27.4. The number of carboxylic acids is 2. The molecule has 2 aliphatic heterocycles. The molecule has 3 rings (SSSR count). The van der Waals surface area contributed by atoms with Gasteiger partial charge in [0.15, 0.2) is 0 Å². The summed E-state index contributed by atoms with van der Waals surface area (Å²) in [5.74, 6) is -4.88. The van der Waals surface area contributed by atoms with Crippen LogP contribution in [0, 0.1) is 12.8 Å². The molecule has 2 N–H and O–H groups in total. The topological polar surface area (TPSA) is 112 Å². The van der Waals surface area contributed by atoms with Crippen LogP contribution in [-0.2, 0) is 25.6 Å². The van der Waals surface area contributed by atoms with Crippen LogP contribution in [0.2, 0.25) is 0 Å². The van der Waals surface area contributed by atoms with Crippen molar-refractivity contribution in [3.8, 4) is 0 Å². The number of aliphatic carboxylic acids is 2. The number of aromatic nitrogens is 1. The monoisotopic (exact) mass is 575 g/mol. The second-order valence-electron chi connectivity index (χ2n) is 9.51. The number of methoxy groups -OCH3 is 1. The quantitative estimate of drug-likeness (QED) is 0.471. The van der Waals surface area contributed by atoms with Crippen LogP contribution in [0.15, 0.2) is 18.2 Å². The highest BCUT2D eigenvalue weighted by Gasteiger charge is 2.43. The molecule has 0 aliphatic carbocycles. The maximum Gasteiger partial charge on any atom is 0.490 e. The number of pyridine rings is 1. The van der Waals surface area contributed by atoms with E-state index in [4.69, 9.17) is 29.3 Å². The van der Waals surface area contributed by atoms with Crippen molar-refractivity contribution in [2.45, 2.75) is 50.7 Å². The van der Waals surface area contributed by atoms with E-state index in [1.54, 1.807) is 7.11 Å². The van der Waals surface area contributed by atoms with Crippen LogP contribution in [0.4, 0.5) is 26.3 Å². The number of aryl methyl sites for hydroxylation is 1. The summed E-state index contributed by atoms with van der Waals surface area (Å²) in [6.45, 7) is 8.98. The van der Waals surface area contributed by atoms with E-state index >= 15 is 0 Å². The number of likely N-dealkylation sites (N-methyl/N-ethyl adjacent to an activating group) is 1. The average Bonchev–Trinajstić information content (AvgIpc) is 3.18. The molecule has 2 fully saturated rings. The zero-order valence-corrected chi connectivity index (χ0v) is 22.0. The van der Waals surface area contributed by atoms with Crippen LogP contribution in [0.5, 0.6) is 0 Å². The number of carboxylic acid groups (broad SMARTS) is 2. The van der Waals surface area contributed by atoms with Crippen molar-refractivity contribution in [1.82, 2.24) is 14.8 Å². The van der Waals surface area contributed by atoms with E-state index in [1.165, 1.54) is 25.0 Å². The molecule has 2 unspecified atom stereocenters. The van der Waals surface area contributed by atoms with Gasteiger partial charge in [-0.05, 0) is 57.8 Å². The minimum absolute atomic E-state index is 0.0643. The van der Waals surface area contributed by atoms with Crippen LogP contribution in [0.1, 0.15) is 30.7 Å². The molecule has 2 atom stereocenters. The van der Waals surface area contributed by atoms with Gasteiger partial charge < -0.3 is 24.6 Å². The Hall–Kier alpha value is -2.49. The Labute approximate surface area is 222 Å². The number of nitrogens with zero attached hydrogens (tertiary/aromatic N) is 3. The lowest BCUT2D eigenvalue weighted by atomic mass is 9.86. The molecule has 9 nitrogen and oxygen atoms in total. The number of piperidine rings is 1. The Kier molecular flexibility index (Phi) is 13.6. The fraction of sp³-hybridized carbons (Fsp3) is 0.708. The molecule has 3 heterocycles. The minimum atomic E-state index is -5.08. The molecule has 1 aromatic rings. The Balaban J connectivity index is 0.000000449. The Morgan fingerprint density at radius 1 is 1.18 bits per heavy atom. The van der Waals surface area contributed by atoms with Gasteiger partial charge >= 0.3 is 24.3 Å². The van der Waals surface area contributed by atoms with E-state index in [-0.39, 0.29) is 5.60 Å². The van der Waals surface area contributed by atoms with Crippen LogP contribution in [0.3, 0.4) is 0 Å². The SMILES string of the molecule is COCCN(C)CC1COC2(CCCN(Cc3cccc(C)n3)C2)C1.O=C(O)C(F)(F)F.O=C(O)C(F)(F)F. The second-order valence-corrected chi connectivity index (χ2v) is 9.51. The predicted molar refractivity (Wildman–Crippen MR) is 127 cm³/mol. The Morgan fingerprint density at radius 2 is 1.77 bits per heavy atom. The molecule has 0 bridgehead atoms. The van der Waals surface area contributed by atoms with Gasteiger partial charge in [-0.3, -0.25) is 9.88 Å². The highest BCUT2D eigenvalue weighted by Crippen LogP contribution is 2.38. The van der Waals surface area contributed by atoms with E-state index in [0.717, 1.165) is 51.6 Å². The predicted octanol–water partition coefficient (Wildman–Crippen LogP) is 3.61. The Bertz CT molecular complexity index is 893. The van der Waals surface area contributed by atoms with Crippen LogP contribution < -0.4 is 0 Å². The molecule has 39 heavy (non-hydrogen) atoms. The molecular weight excluding hydrogens is 540 g/mol. The Morgan fingerprint density at radius 3 is 2.28 bits per heavy atom. The summed E-state index contributed by atoms with van der Waals surface area (Å²) in [6, 6.07) is 6.30.